The fourth-order valence-corrected chi connectivity index (χ4v) is 4.11. The Hall–Kier alpha value is -1.36. The lowest BCUT2D eigenvalue weighted by atomic mass is 9.92. The van der Waals surface area contributed by atoms with E-state index < -0.39 is 0 Å². The normalized spacial score (nSPS) is 20.8. The van der Waals surface area contributed by atoms with Crippen LogP contribution in [0.5, 0.6) is 0 Å². The van der Waals surface area contributed by atoms with Gasteiger partial charge in [-0.05, 0) is 37.1 Å². The molecule has 3 rings (SSSR count). The standard InChI is InChI=1S/C17H24N2O2S/c20-16(18-15-4-2-1-3-5-15)13-6-9-19(10-7-13)17(21)14-8-11-22-12-14/h8,11-13,15H,1-7,9-10H2,(H,18,20). The predicted octanol–water partition coefficient (Wildman–Crippen LogP) is 3.05. The zero-order valence-electron chi connectivity index (χ0n) is 12.9. The van der Waals surface area contributed by atoms with Gasteiger partial charge in [-0.25, -0.2) is 0 Å². The lowest BCUT2D eigenvalue weighted by Crippen LogP contribution is -2.45. The van der Waals surface area contributed by atoms with E-state index in [0.29, 0.717) is 19.1 Å². The molecule has 1 saturated heterocycles. The van der Waals surface area contributed by atoms with Crippen molar-refractivity contribution >= 4 is 23.2 Å². The molecular weight excluding hydrogens is 296 g/mol. The average Bonchev–Trinajstić information content (AvgIpc) is 3.10. The molecule has 0 bridgehead atoms. The molecule has 2 fully saturated rings. The highest BCUT2D eigenvalue weighted by molar-refractivity contribution is 7.08. The summed E-state index contributed by atoms with van der Waals surface area (Å²) in [5, 5.41) is 7.04. The molecule has 0 radical (unpaired) electrons. The molecule has 0 spiro atoms. The van der Waals surface area contributed by atoms with Gasteiger partial charge in [-0.15, -0.1) is 0 Å². The first-order valence-electron chi connectivity index (χ1n) is 8.36. The van der Waals surface area contributed by atoms with Crippen LogP contribution in [0.25, 0.3) is 0 Å². The van der Waals surface area contributed by atoms with Crippen molar-refractivity contribution in [3.05, 3.63) is 22.4 Å². The summed E-state index contributed by atoms with van der Waals surface area (Å²) in [4.78, 5) is 26.5. The van der Waals surface area contributed by atoms with Crippen LogP contribution >= 0.6 is 11.3 Å². The summed E-state index contributed by atoms with van der Waals surface area (Å²) in [5.41, 5.74) is 0.773. The van der Waals surface area contributed by atoms with E-state index in [9.17, 15) is 9.59 Å². The maximum absolute atomic E-state index is 12.4. The van der Waals surface area contributed by atoms with E-state index in [1.807, 2.05) is 21.7 Å². The largest absolute Gasteiger partial charge is 0.353 e. The highest BCUT2D eigenvalue weighted by Crippen LogP contribution is 2.22. The molecule has 0 atom stereocenters. The Bertz CT molecular complexity index is 501. The number of rotatable bonds is 3. The number of amides is 2. The molecule has 0 aromatic carbocycles. The van der Waals surface area contributed by atoms with Gasteiger partial charge in [0, 0.05) is 30.4 Å². The molecule has 2 heterocycles. The first kappa shape index (κ1) is 15.5. The molecule has 1 saturated carbocycles. The lowest BCUT2D eigenvalue weighted by molar-refractivity contribution is -0.127. The molecule has 1 aliphatic heterocycles. The van der Waals surface area contributed by atoms with Crippen LogP contribution in [0.1, 0.15) is 55.3 Å². The van der Waals surface area contributed by atoms with Gasteiger partial charge in [-0.1, -0.05) is 19.3 Å². The van der Waals surface area contributed by atoms with Crippen LogP contribution < -0.4 is 5.32 Å². The second-order valence-corrected chi connectivity index (χ2v) is 7.20. The molecule has 5 heteroatoms. The van der Waals surface area contributed by atoms with E-state index in [1.165, 1.54) is 19.3 Å². The summed E-state index contributed by atoms with van der Waals surface area (Å²) in [6.45, 7) is 1.38. The molecule has 2 amide bonds. The van der Waals surface area contributed by atoms with Gasteiger partial charge in [-0.3, -0.25) is 9.59 Å². The number of carbonyl (C=O) groups is 2. The molecular formula is C17H24N2O2S. The highest BCUT2D eigenvalue weighted by atomic mass is 32.1. The summed E-state index contributed by atoms with van der Waals surface area (Å²) in [6, 6.07) is 2.25. The molecule has 4 nitrogen and oxygen atoms in total. The van der Waals surface area contributed by atoms with Crippen LogP contribution in [0.3, 0.4) is 0 Å². The van der Waals surface area contributed by atoms with Gasteiger partial charge in [0.15, 0.2) is 0 Å². The molecule has 120 valence electrons. The Labute approximate surface area is 135 Å². The summed E-state index contributed by atoms with van der Waals surface area (Å²) in [6.07, 6.45) is 7.60. The SMILES string of the molecule is O=C(NC1CCCCC1)C1CCN(C(=O)c2ccsc2)CC1. The van der Waals surface area contributed by atoms with E-state index in [2.05, 4.69) is 5.32 Å². The van der Waals surface area contributed by atoms with E-state index in [1.54, 1.807) is 11.3 Å². The molecule has 0 unspecified atom stereocenters. The number of likely N-dealkylation sites (tertiary alicyclic amines) is 1. The van der Waals surface area contributed by atoms with Crippen molar-refractivity contribution < 1.29 is 9.59 Å². The van der Waals surface area contributed by atoms with E-state index in [4.69, 9.17) is 0 Å². The Morgan fingerprint density at radius 2 is 1.82 bits per heavy atom. The molecule has 1 aliphatic carbocycles. The zero-order chi connectivity index (χ0) is 15.4. The fourth-order valence-electron chi connectivity index (χ4n) is 3.48. The van der Waals surface area contributed by atoms with Gasteiger partial charge < -0.3 is 10.2 Å². The maximum atomic E-state index is 12.4. The van der Waals surface area contributed by atoms with Gasteiger partial charge in [0.25, 0.3) is 5.91 Å². The van der Waals surface area contributed by atoms with Crippen molar-refractivity contribution in [3.8, 4) is 0 Å². The Morgan fingerprint density at radius 3 is 2.45 bits per heavy atom. The first-order valence-corrected chi connectivity index (χ1v) is 9.30. The summed E-state index contributed by atoms with van der Waals surface area (Å²) in [5.74, 6) is 0.385. The lowest BCUT2D eigenvalue weighted by Gasteiger charge is -2.32. The average molecular weight is 320 g/mol. The minimum Gasteiger partial charge on any atom is -0.353 e. The topological polar surface area (TPSA) is 49.4 Å². The van der Waals surface area contributed by atoms with Crippen molar-refractivity contribution in [1.29, 1.82) is 0 Å². The van der Waals surface area contributed by atoms with Gasteiger partial charge in [0.1, 0.15) is 0 Å². The van der Waals surface area contributed by atoms with Crippen molar-refractivity contribution in [3.63, 3.8) is 0 Å². The van der Waals surface area contributed by atoms with Gasteiger partial charge >= 0.3 is 0 Å². The molecule has 2 aliphatic rings. The number of nitrogens with one attached hydrogen (secondary N) is 1. The van der Waals surface area contributed by atoms with Crippen LogP contribution in [0, 0.1) is 5.92 Å². The Morgan fingerprint density at radius 1 is 1.09 bits per heavy atom. The van der Waals surface area contributed by atoms with Crippen LogP contribution in [0.15, 0.2) is 16.8 Å². The van der Waals surface area contributed by atoms with Crippen LogP contribution in [0.2, 0.25) is 0 Å². The Kier molecular flexibility index (Phi) is 5.13. The summed E-state index contributed by atoms with van der Waals surface area (Å²) < 4.78 is 0. The number of hydrogen-bond donors (Lipinski definition) is 1. The third-order valence-electron chi connectivity index (χ3n) is 4.87. The minimum absolute atomic E-state index is 0.0773. The number of carbonyl (C=O) groups excluding carboxylic acids is 2. The number of hydrogen-bond acceptors (Lipinski definition) is 3. The van der Waals surface area contributed by atoms with Crippen molar-refractivity contribution in [1.82, 2.24) is 10.2 Å². The molecule has 1 aromatic heterocycles. The number of thiophene rings is 1. The number of nitrogens with zero attached hydrogens (tertiary/aromatic N) is 1. The third kappa shape index (κ3) is 3.69. The quantitative estimate of drug-likeness (QED) is 0.930. The van der Waals surface area contributed by atoms with Crippen LogP contribution in [-0.4, -0.2) is 35.8 Å². The van der Waals surface area contributed by atoms with Crippen molar-refractivity contribution in [2.45, 2.75) is 51.0 Å². The second kappa shape index (κ2) is 7.27. The molecule has 1 aromatic rings. The van der Waals surface area contributed by atoms with Crippen LogP contribution in [0.4, 0.5) is 0 Å². The van der Waals surface area contributed by atoms with Gasteiger partial charge in [-0.2, -0.15) is 11.3 Å². The fraction of sp³-hybridized carbons (Fsp3) is 0.647. The van der Waals surface area contributed by atoms with Gasteiger partial charge in [0.2, 0.25) is 5.91 Å². The van der Waals surface area contributed by atoms with Crippen LogP contribution in [-0.2, 0) is 4.79 Å². The minimum atomic E-state index is 0.0773. The highest BCUT2D eigenvalue weighted by Gasteiger charge is 2.29. The molecule has 1 N–H and O–H groups in total. The second-order valence-electron chi connectivity index (χ2n) is 6.42. The predicted molar refractivity (Wildman–Crippen MR) is 88.0 cm³/mol. The Balaban J connectivity index is 1.46. The zero-order valence-corrected chi connectivity index (χ0v) is 13.7. The first-order chi connectivity index (χ1) is 10.7. The summed E-state index contributed by atoms with van der Waals surface area (Å²) in [7, 11) is 0. The van der Waals surface area contributed by atoms with E-state index in [0.717, 1.165) is 31.2 Å². The molecule has 22 heavy (non-hydrogen) atoms. The number of piperidine rings is 1. The maximum Gasteiger partial charge on any atom is 0.254 e. The smallest absolute Gasteiger partial charge is 0.254 e. The van der Waals surface area contributed by atoms with E-state index in [-0.39, 0.29) is 17.7 Å². The summed E-state index contributed by atoms with van der Waals surface area (Å²) >= 11 is 1.55. The monoisotopic (exact) mass is 320 g/mol. The van der Waals surface area contributed by atoms with Crippen molar-refractivity contribution in [2.75, 3.05) is 13.1 Å². The third-order valence-corrected chi connectivity index (χ3v) is 5.56. The van der Waals surface area contributed by atoms with Crippen molar-refractivity contribution in [2.24, 2.45) is 5.92 Å². The van der Waals surface area contributed by atoms with Gasteiger partial charge in [0.05, 0.1) is 5.56 Å². The van der Waals surface area contributed by atoms with E-state index >= 15 is 0 Å².